The summed E-state index contributed by atoms with van der Waals surface area (Å²) < 4.78 is 0. The first-order valence-corrected chi connectivity index (χ1v) is 12.2. The van der Waals surface area contributed by atoms with E-state index in [1.54, 1.807) is 30.5 Å². The maximum Gasteiger partial charge on any atom is 0.255 e. The number of anilines is 5. The van der Waals surface area contributed by atoms with E-state index in [1.165, 1.54) is 0 Å². The summed E-state index contributed by atoms with van der Waals surface area (Å²) in [7, 11) is 0. The Labute approximate surface area is 215 Å². The minimum Gasteiger partial charge on any atom is -0.397 e. The normalized spacial score (nSPS) is 13.4. The maximum absolute atomic E-state index is 12.6. The van der Waals surface area contributed by atoms with Gasteiger partial charge in [-0.05, 0) is 61.7 Å². The molecule has 1 unspecified atom stereocenters. The van der Waals surface area contributed by atoms with Crippen LogP contribution in [0.1, 0.15) is 47.4 Å². The molecule has 0 saturated heterocycles. The fourth-order valence-electron chi connectivity index (χ4n) is 3.65. The van der Waals surface area contributed by atoms with Crippen LogP contribution in [0.2, 0.25) is 0 Å². The zero-order valence-corrected chi connectivity index (χ0v) is 20.5. The highest BCUT2D eigenvalue weighted by Gasteiger charge is 2.23. The Balaban J connectivity index is 1.24. The van der Waals surface area contributed by atoms with Crippen molar-refractivity contribution in [3.05, 3.63) is 89.7 Å². The number of aromatic nitrogens is 4. The van der Waals surface area contributed by atoms with Crippen LogP contribution in [0.15, 0.2) is 72.9 Å². The summed E-state index contributed by atoms with van der Waals surface area (Å²) in [4.78, 5) is 30.6. The second-order valence-electron chi connectivity index (χ2n) is 8.94. The highest BCUT2D eigenvalue weighted by molar-refractivity contribution is 6.05. The first-order chi connectivity index (χ1) is 18.0. The molecule has 4 aromatic rings. The molecule has 1 amide bonds. The monoisotopic (exact) mass is 495 g/mol. The second-order valence-corrected chi connectivity index (χ2v) is 8.94. The van der Waals surface area contributed by atoms with Crippen LogP contribution >= 0.6 is 0 Å². The van der Waals surface area contributed by atoms with Crippen LogP contribution in [0.25, 0.3) is 0 Å². The van der Waals surface area contributed by atoms with Gasteiger partial charge in [0.05, 0.1) is 23.1 Å². The Morgan fingerprint density at radius 2 is 1.68 bits per heavy atom. The summed E-state index contributed by atoms with van der Waals surface area (Å²) in [6, 6.07) is 20.6. The van der Waals surface area contributed by atoms with Crippen LogP contribution in [0.5, 0.6) is 0 Å². The first-order valence-electron chi connectivity index (χ1n) is 12.2. The van der Waals surface area contributed by atoms with Gasteiger partial charge in [-0.3, -0.25) is 9.78 Å². The molecule has 0 bridgehead atoms. The van der Waals surface area contributed by atoms with Gasteiger partial charge >= 0.3 is 0 Å². The molecular weight excluding hydrogens is 466 g/mol. The van der Waals surface area contributed by atoms with Crippen molar-refractivity contribution >= 4 is 35.1 Å². The van der Waals surface area contributed by atoms with Crippen molar-refractivity contribution in [3.8, 4) is 0 Å². The zero-order valence-electron chi connectivity index (χ0n) is 20.5. The van der Waals surface area contributed by atoms with Crippen LogP contribution < -0.4 is 27.0 Å². The average molecular weight is 496 g/mol. The number of carbonyl (C=O) groups excluding carboxylic acids is 1. The van der Waals surface area contributed by atoms with Crippen molar-refractivity contribution in [1.82, 2.24) is 19.9 Å². The predicted molar refractivity (Wildman–Crippen MR) is 145 cm³/mol. The fraction of sp³-hybridized carbons (Fsp3) is 0.222. The molecule has 2 aromatic heterocycles. The third-order valence-electron chi connectivity index (χ3n) is 5.90. The van der Waals surface area contributed by atoms with Crippen LogP contribution in [0, 0.1) is 0 Å². The van der Waals surface area contributed by atoms with Crippen LogP contribution in [0.3, 0.4) is 0 Å². The molecular formula is C27H29N9O. The number of nitrogens with two attached hydrogens (primary N) is 1. The van der Waals surface area contributed by atoms with Gasteiger partial charge in [-0.2, -0.15) is 15.0 Å². The Bertz CT molecular complexity index is 1360. The van der Waals surface area contributed by atoms with E-state index in [0.29, 0.717) is 47.4 Å². The number of nitrogen functional groups attached to an aromatic ring is 1. The molecule has 10 nitrogen and oxygen atoms in total. The molecule has 1 aliphatic rings. The molecule has 188 valence electrons. The summed E-state index contributed by atoms with van der Waals surface area (Å²) in [5.41, 5.74) is 9.44. The smallest absolute Gasteiger partial charge is 0.255 e. The van der Waals surface area contributed by atoms with E-state index < -0.39 is 0 Å². The molecule has 0 spiro atoms. The van der Waals surface area contributed by atoms with Gasteiger partial charge in [-0.25, -0.2) is 0 Å². The largest absolute Gasteiger partial charge is 0.397 e. The van der Waals surface area contributed by atoms with Crippen LogP contribution in [-0.4, -0.2) is 31.9 Å². The molecule has 37 heavy (non-hydrogen) atoms. The van der Waals surface area contributed by atoms with E-state index in [2.05, 4.69) is 41.2 Å². The molecule has 1 aliphatic carbocycles. The Morgan fingerprint density at radius 1 is 0.946 bits per heavy atom. The molecule has 1 atom stereocenters. The zero-order chi connectivity index (χ0) is 25.6. The topological polar surface area (TPSA) is 143 Å². The van der Waals surface area contributed by atoms with Crippen molar-refractivity contribution < 1.29 is 4.79 Å². The molecule has 2 heterocycles. The average Bonchev–Trinajstić information content (AvgIpc) is 3.73. The summed E-state index contributed by atoms with van der Waals surface area (Å²) in [5.74, 6) is 1.23. The summed E-state index contributed by atoms with van der Waals surface area (Å²) in [5, 5.41) is 12.8. The SMILES string of the molecule is CC(Nc1nc(NCc2ccc(C(=O)Nc3ccccc3N)cc2)nc(NC2CC2)n1)c1ccccn1. The molecule has 5 rings (SSSR count). The standard InChI is InChI=1S/C27H29N9O/c1-17(22-7-4-5-15-29-22)31-26-34-25(35-27(36-26)32-20-13-14-20)30-16-18-9-11-19(12-10-18)24(37)33-23-8-3-2-6-21(23)28/h2-12,15,17,20H,13-14,16,28H2,1H3,(H,33,37)(H3,30,31,32,34,35,36). The third kappa shape index (κ3) is 6.49. The van der Waals surface area contributed by atoms with Crippen molar-refractivity contribution in [3.63, 3.8) is 0 Å². The second kappa shape index (κ2) is 10.9. The van der Waals surface area contributed by atoms with Crippen molar-refractivity contribution in [1.29, 1.82) is 0 Å². The molecule has 10 heteroatoms. The van der Waals surface area contributed by atoms with E-state index in [0.717, 1.165) is 24.1 Å². The fourth-order valence-corrected chi connectivity index (χ4v) is 3.65. The highest BCUT2D eigenvalue weighted by Crippen LogP contribution is 2.24. The number of nitrogens with zero attached hydrogens (tertiary/aromatic N) is 4. The number of pyridine rings is 1. The van der Waals surface area contributed by atoms with Crippen LogP contribution in [0.4, 0.5) is 29.2 Å². The van der Waals surface area contributed by atoms with Gasteiger partial charge in [0.25, 0.3) is 5.91 Å². The van der Waals surface area contributed by atoms with Gasteiger partial charge < -0.3 is 27.0 Å². The number of hydrogen-bond acceptors (Lipinski definition) is 9. The van der Waals surface area contributed by atoms with E-state index in [1.807, 2.05) is 49.4 Å². The minimum atomic E-state index is -0.219. The number of carbonyl (C=O) groups is 1. The first kappa shape index (κ1) is 24.0. The quantitative estimate of drug-likeness (QED) is 0.201. The lowest BCUT2D eigenvalue weighted by molar-refractivity contribution is 0.102. The molecule has 6 N–H and O–H groups in total. The van der Waals surface area contributed by atoms with Gasteiger partial charge in [0.15, 0.2) is 0 Å². The van der Waals surface area contributed by atoms with Gasteiger partial charge in [0.2, 0.25) is 17.8 Å². The van der Waals surface area contributed by atoms with Gasteiger partial charge in [0.1, 0.15) is 0 Å². The van der Waals surface area contributed by atoms with Gasteiger partial charge in [-0.1, -0.05) is 30.3 Å². The lowest BCUT2D eigenvalue weighted by Gasteiger charge is -2.15. The van der Waals surface area contributed by atoms with E-state index >= 15 is 0 Å². The Morgan fingerprint density at radius 3 is 2.41 bits per heavy atom. The summed E-state index contributed by atoms with van der Waals surface area (Å²) in [6.07, 6.45) is 3.98. The Hall–Kier alpha value is -4.73. The Kier molecular flexibility index (Phi) is 7.07. The van der Waals surface area contributed by atoms with Crippen LogP contribution in [-0.2, 0) is 6.54 Å². The molecule has 0 radical (unpaired) electrons. The summed E-state index contributed by atoms with van der Waals surface area (Å²) >= 11 is 0. The number of amides is 1. The van der Waals surface area contributed by atoms with E-state index in [4.69, 9.17) is 5.73 Å². The third-order valence-corrected chi connectivity index (χ3v) is 5.90. The van der Waals surface area contributed by atoms with E-state index in [-0.39, 0.29) is 11.9 Å². The molecule has 2 aromatic carbocycles. The van der Waals surface area contributed by atoms with Gasteiger partial charge in [0, 0.05) is 24.3 Å². The predicted octanol–water partition coefficient (Wildman–Crippen LogP) is 4.46. The van der Waals surface area contributed by atoms with Crippen molar-refractivity contribution in [2.24, 2.45) is 0 Å². The number of hydrogen-bond donors (Lipinski definition) is 5. The lowest BCUT2D eigenvalue weighted by atomic mass is 10.1. The summed E-state index contributed by atoms with van der Waals surface area (Å²) in [6.45, 7) is 2.49. The van der Waals surface area contributed by atoms with E-state index in [9.17, 15) is 4.79 Å². The minimum absolute atomic E-state index is 0.0739. The number of para-hydroxylation sites is 2. The van der Waals surface area contributed by atoms with Crippen molar-refractivity contribution in [2.75, 3.05) is 27.0 Å². The maximum atomic E-state index is 12.6. The van der Waals surface area contributed by atoms with Crippen molar-refractivity contribution in [2.45, 2.75) is 38.4 Å². The molecule has 0 aliphatic heterocycles. The number of benzene rings is 2. The van der Waals surface area contributed by atoms with Gasteiger partial charge in [-0.15, -0.1) is 0 Å². The number of rotatable bonds is 10. The molecule has 1 fully saturated rings. The lowest BCUT2D eigenvalue weighted by Crippen LogP contribution is -2.16. The number of nitrogens with one attached hydrogen (secondary N) is 4. The molecule has 1 saturated carbocycles. The highest BCUT2D eigenvalue weighted by atomic mass is 16.1.